The molecule has 2 aromatic carbocycles. The predicted molar refractivity (Wildman–Crippen MR) is 115 cm³/mol. The summed E-state index contributed by atoms with van der Waals surface area (Å²) in [6.45, 7) is 0. The van der Waals surface area contributed by atoms with E-state index in [9.17, 15) is 25.9 Å². The van der Waals surface area contributed by atoms with E-state index < -0.39 is 43.7 Å². The fourth-order valence-electron chi connectivity index (χ4n) is 2.97. The van der Waals surface area contributed by atoms with E-state index in [4.69, 9.17) is 23.2 Å². The van der Waals surface area contributed by atoms with Crippen LogP contribution in [0.1, 0.15) is 0 Å². The predicted octanol–water partition coefficient (Wildman–Crippen LogP) is -5.13. The van der Waals surface area contributed by atoms with E-state index in [0.29, 0.717) is 8.95 Å². The molecule has 0 N–H and O–H groups in total. The van der Waals surface area contributed by atoms with E-state index >= 15 is 0 Å². The van der Waals surface area contributed by atoms with Gasteiger partial charge in [-0.05, 0) is 56.1 Å². The summed E-state index contributed by atoms with van der Waals surface area (Å²) < 4.78 is 78.4. The smallest absolute Gasteiger partial charge is 0.716 e. The zero-order chi connectivity index (χ0) is 23.6. The van der Waals surface area contributed by atoms with Gasteiger partial charge in [0.25, 0.3) is 20.8 Å². The first kappa shape index (κ1) is 32.0. The molecule has 2 aliphatic heterocycles. The molecule has 0 radical (unpaired) electrons. The summed E-state index contributed by atoms with van der Waals surface area (Å²) in [7, 11) is -10.7. The molecule has 0 saturated heterocycles. The Labute approximate surface area is 304 Å². The van der Waals surface area contributed by atoms with E-state index in [-0.39, 0.29) is 134 Å². The molecule has 34 heavy (non-hydrogen) atoms. The van der Waals surface area contributed by atoms with E-state index in [0.717, 1.165) is 0 Å². The molecule has 2 aromatic rings. The quantitative estimate of drug-likeness (QED) is 0.172. The molecule has 10 nitrogen and oxygen atoms in total. The van der Waals surface area contributed by atoms with Crippen LogP contribution in [-0.2, 0) is 29.2 Å². The molecular weight excluding hydrogens is 721 g/mol. The zero-order valence-corrected chi connectivity index (χ0v) is 29.4. The van der Waals surface area contributed by atoms with Gasteiger partial charge in [0.05, 0.1) is 31.2 Å². The summed E-state index contributed by atoms with van der Waals surface area (Å²) in [6.07, 6.45) is 0. The van der Waals surface area contributed by atoms with Gasteiger partial charge in [-0.3, -0.25) is 0 Å². The average molecular weight is 725 g/mol. The molecule has 0 aliphatic carbocycles. The van der Waals surface area contributed by atoms with E-state index in [1.807, 2.05) is 0 Å². The first-order chi connectivity index (χ1) is 14.8. The van der Waals surface area contributed by atoms with Crippen LogP contribution in [0.3, 0.4) is 0 Å². The van der Waals surface area contributed by atoms with Crippen molar-refractivity contribution in [2.24, 2.45) is 9.98 Å². The van der Waals surface area contributed by atoms with Gasteiger partial charge in [0.15, 0.2) is 11.5 Å². The van der Waals surface area contributed by atoms with Crippen LogP contribution in [0, 0.1) is 0 Å². The van der Waals surface area contributed by atoms with Gasteiger partial charge in [0.1, 0.15) is 11.4 Å². The van der Waals surface area contributed by atoms with Crippen LogP contribution in [0.4, 0.5) is 0 Å². The topological polar surface area (TPSA) is 158 Å². The van der Waals surface area contributed by atoms with Crippen molar-refractivity contribution in [3.63, 3.8) is 0 Å². The van der Waals surface area contributed by atoms with Crippen LogP contribution in [0.25, 0.3) is 11.5 Å². The summed E-state index contributed by atoms with van der Waals surface area (Å²) in [5.74, 6) is -1.26. The SMILES string of the molecule is O=S(=O)([O-])OC1=c2c(Cl)c(Br)ccc2=NC1=C1N=c2ccc(Br)c(Cl)c2=C1OS(=O)(=O)[O-].[K+].[K+]. The Morgan fingerprint density at radius 3 is 1.32 bits per heavy atom. The minimum Gasteiger partial charge on any atom is -0.716 e. The zero-order valence-electron chi connectivity index (χ0n) is 16.8. The Morgan fingerprint density at radius 1 is 0.706 bits per heavy atom. The second-order valence-corrected chi connectivity index (χ2v) is 10.5. The Hall–Kier alpha value is 1.75. The van der Waals surface area contributed by atoms with Crippen molar-refractivity contribution in [1.29, 1.82) is 0 Å². The maximum atomic E-state index is 11.4. The van der Waals surface area contributed by atoms with Crippen LogP contribution in [0.15, 0.2) is 54.6 Å². The molecule has 0 amide bonds. The molecule has 0 fully saturated rings. The van der Waals surface area contributed by atoms with Crippen molar-refractivity contribution in [3.05, 3.63) is 75.8 Å². The number of hydrogen-bond acceptors (Lipinski definition) is 10. The number of hydrogen-bond donors (Lipinski definition) is 0. The molecule has 2 heterocycles. The van der Waals surface area contributed by atoms with Crippen molar-refractivity contribution in [1.82, 2.24) is 0 Å². The van der Waals surface area contributed by atoms with Gasteiger partial charge in [-0.1, -0.05) is 23.2 Å². The molecular formula is C16H4Br2Cl2K2N2O8S2. The Morgan fingerprint density at radius 2 is 1.03 bits per heavy atom. The van der Waals surface area contributed by atoms with Crippen LogP contribution in [0.5, 0.6) is 0 Å². The molecule has 168 valence electrons. The third-order valence-corrected chi connectivity index (χ3v) is 7.39. The minimum absolute atomic E-state index is 0. The molecule has 0 unspecified atom stereocenters. The second kappa shape index (κ2) is 11.9. The molecule has 0 saturated carbocycles. The normalized spacial score (nSPS) is 16.5. The number of nitrogens with zero attached hydrogens (tertiary/aromatic N) is 2. The fourth-order valence-corrected chi connectivity index (χ4v) is 4.85. The summed E-state index contributed by atoms with van der Waals surface area (Å²) >= 11 is 18.8. The molecule has 18 heteroatoms. The number of rotatable bonds is 4. The Balaban J connectivity index is 0.00000204. The van der Waals surface area contributed by atoms with Crippen molar-refractivity contribution in [2.75, 3.05) is 0 Å². The van der Waals surface area contributed by atoms with Gasteiger partial charge in [0, 0.05) is 8.95 Å². The molecule has 0 aromatic heterocycles. The number of fused-ring (bicyclic) bond motifs is 2. The third kappa shape index (κ3) is 6.66. The van der Waals surface area contributed by atoms with Crippen LogP contribution in [-0.4, -0.2) is 25.9 Å². The largest absolute Gasteiger partial charge is 1.00 e. The number of benzene rings is 2. The van der Waals surface area contributed by atoms with Crippen molar-refractivity contribution in [3.8, 4) is 0 Å². The third-order valence-electron chi connectivity index (χ3n) is 4.09. The van der Waals surface area contributed by atoms with Crippen LogP contribution >= 0.6 is 55.1 Å². The first-order valence-electron chi connectivity index (χ1n) is 7.96. The Bertz CT molecular complexity index is 1610. The van der Waals surface area contributed by atoms with Crippen molar-refractivity contribution >= 4 is 87.4 Å². The molecule has 2 aliphatic rings. The van der Waals surface area contributed by atoms with Gasteiger partial charge in [0.2, 0.25) is 0 Å². The Kier molecular flexibility index (Phi) is 11.2. The molecule has 0 spiro atoms. The van der Waals surface area contributed by atoms with E-state index in [1.54, 1.807) is 0 Å². The minimum atomic E-state index is -5.34. The molecule has 0 bridgehead atoms. The van der Waals surface area contributed by atoms with Gasteiger partial charge < -0.3 is 17.5 Å². The van der Waals surface area contributed by atoms with Gasteiger partial charge in [-0.15, -0.1) is 0 Å². The maximum absolute atomic E-state index is 11.4. The van der Waals surface area contributed by atoms with Crippen molar-refractivity contribution < 1.29 is 137 Å². The van der Waals surface area contributed by atoms with Crippen LogP contribution < -0.4 is 124 Å². The van der Waals surface area contributed by atoms with Gasteiger partial charge in [-0.2, -0.15) is 0 Å². The summed E-state index contributed by atoms with van der Waals surface area (Å²) in [6, 6.07) is 5.85. The van der Waals surface area contributed by atoms with Gasteiger partial charge >= 0.3 is 103 Å². The van der Waals surface area contributed by atoms with E-state index in [1.165, 1.54) is 24.3 Å². The number of halogens is 4. The summed E-state index contributed by atoms with van der Waals surface area (Å²) in [4.78, 5) is 8.36. The van der Waals surface area contributed by atoms with Crippen molar-refractivity contribution in [2.45, 2.75) is 0 Å². The van der Waals surface area contributed by atoms with Crippen LogP contribution in [0.2, 0.25) is 10.0 Å². The second-order valence-electron chi connectivity index (χ2n) is 6.07. The first-order valence-corrected chi connectivity index (χ1v) is 13.0. The van der Waals surface area contributed by atoms with E-state index in [2.05, 4.69) is 50.2 Å². The summed E-state index contributed by atoms with van der Waals surface area (Å²) in [5, 5.41) is -0.0768. The van der Waals surface area contributed by atoms with Gasteiger partial charge in [-0.25, -0.2) is 26.8 Å². The monoisotopic (exact) mass is 722 g/mol. The molecule has 4 rings (SSSR count). The standard InChI is InChI=1S/C16H6Br2Cl2N2O8S2.2K/c17-5-1-3-7-9(11(5)19)15(29-31(23,24)25)13(21-7)14-16(30-32(26,27)28)10-8(22-14)4-2-6(18)12(10)20;;/h1-4H,(H,23,24,25)(H,26,27,28);;/q;2*+1/p-2. The summed E-state index contributed by atoms with van der Waals surface area (Å²) in [5.41, 5.74) is -0.831. The average Bonchev–Trinajstić information content (AvgIpc) is 3.18. The fraction of sp³-hybridized carbons (Fsp3) is 0. The molecule has 0 atom stereocenters. The maximum Gasteiger partial charge on any atom is 1.00 e.